The van der Waals surface area contributed by atoms with Crippen molar-refractivity contribution in [3.8, 4) is 6.07 Å². The minimum Gasteiger partial charge on any atom is -0.366 e. The Morgan fingerprint density at radius 3 is 3.05 bits per heavy atom. The summed E-state index contributed by atoms with van der Waals surface area (Å²) >= 11 is 0. The van der Waals surface area contributed by atoms with Crippen molar-refractivity contribution in [3.63, 3.8) is 0 Å². The molecule has 1 N–H and O–H groups in total. The zero-order valence-corrected chi connectivity index (χ0v) is 10.7. The van der Waals surface area contributed by atoms with Gasteiger partial charge in [-0.25, -0.2) is 4.98 Å². The molecule has 96 valence electrons. The Morgan fingerprint density at radius 1 is 1.42 bits per heavy atom. The van der Waals surface area contributed by atoms with Gasteiger partial charge in [0.1, 0.15) is 23.5 Å². The number of rotatable bonds is 2. The van der Waals surface area contributed by atoms with Gasteiger partial charge in [0.2, 0.25) is 0 Å². The summed E-state index contributed by atoms with van der Waals surface area (Å²) in [5.74, 6) is 2.82. The number of aryl methyl sites for hydroxylation is 2. The van der Waals surface area contributed by atoms with E-state index in [4.69, 9.17) is 5.26 Å². The average Bonchev–Trinajstić information content (AvgIpc) is 2.81. The van der Waals surface area contributed by atoms with Gasteiger partial charge in [0.15, 0.2) is 0 Å². The fourth-order valence-electron chi connectivity index (χ4n) is 2.33. The van der Waals surface area contributed by atoms with Gasteiger partial charge in [-0.1, -0.05) is 0 Å². The largest absolute Gasteiger partial charge is 0.366 e. The van der Waals surface area contributed by atoms with Crippen LogP contribution < -0.4 is 5.32 Å². The van der Waals surface area contributed by atoms with Crippen LogP contribution in [0.3, 0.4) is 0 Å². The van der Waals surface area contributed by atoms with Crippen molar-refractivity contribution in [1.82, 2.24) is 19.7 Å². The second kappa shape index (κ2) is 4.69. The van der Waals surface area contributed by atoms with E-state index in [1.54, 1.807) is 12.3 Å². The van der Waals surface area contributed by atoms with Crippen LogP contribution in [0.5, 0.6) is 0 Å². The summed E-state index contributed by atoms with van der Waals surface area (Å²) in [5, 5.41) is 20.4. The molecule has 19 heavy (non-hydrogen) atoms. The predicted octanol–water partition coefficient (Wildman–Crippen LogP) is 1.28. The van der Waals surface area contributed by atoms with Gasteiger partial charge in [-0.15, -0.1) is 10.2 Å². The zero-order valence-electron chi connectivity index (χ0n) is 10.7. The minimum absolute atomic E-state index is 0.322. The van der Waals surface area contributed by atoms with Crippen molar-refractivity contribution >= 4 is 5.82 Å². The van der Waals surface area contributed by atoms with Gasteiger partial charge in [-0.05, 0) is 25.5 Å². The smallest absolute Gasteiger partial charge is 0.133 e. The molecule has 0 saturated heterocycles. The maximum Gasteiger partial charge on any atom is 0.133 e. The maximum absolute atomic E-state index is 8.74. The van der Waals surface area contributed by atoms with Crippen LogP contribution in [0, 0.1) is 18.3 Å². The predicted molar refractivity (Wildman–Crippen MR) is 69.4 cm³/mol. The van der Waals surface area contributed by atoms with Crippen molar-refractivity contribution < 1.29 is 0 Å². The normalized spacial score (nSPS) is 17.6. The summed E-state index contributed by atoms with van der Waals surface area (Å²) in [6, 6.07) is 6.00. The number of hydrogen-bond acceptors (Lipinski definition) is 5. The molecule has 0 amide bonds. The minimum atomic E-state index is 0.322. The zero-order chi connectivity index (χ0) is 13.2. The van der Waals surface area contributed by atoms with Gasteiger partial charge >= 0.3 is 0 Å². The van der Waals surface area contributed by atoms with Crippen LogP contribution in [0.2, 0.25) is 0 Å². The van der Waals surface area contributed by atoms with E-state index in [1.807, 2.05) is 13.0 Å². The fourth-order valence-corrected chi connectivity index (χ4v) is 2.33. The summed E-state index contributed by atoms with van der Waals surface area (Å²) < 4.78 is 2.14. The number of nitrogens with one attached hydrogen (secondary N) is 1. The topological polar surface area (TPSA) is 79.4 Å². The molecule has 3 rings (SSSR count). The molecule has 6 nitrogen and oxygen atoms in total. The first-order valence-corrected chi connectivity index (χ1v) is 6.27. The molecule has 6 heteroatoms. The highest BCUT2D eigenvalue weighted by molar-refractivity contribution is 5.39. The molecule has 1 aliphatic rings. The molecule has 0 unspecified atom stereocenters. The highest BCUT2D eigenvalue weighted by atomic mass is 15.3. The number of pyridine rings is 1. The third-order valence-corrected chi connectivity index (χ3v) is 3.38. The Bertz CT molecular complexity index is 622. The first-order chi connectivity index (χ1) is 9.26. The van der Waals surface area contributed by atoms with Crippen LogP contribution in [0.1, 0.15) is 23.6 Å². The molecule has 0 bridgehead atoms. The van der Waals surface area contributed by atoms with Gasteiger partial charge < -0.3 is 9.88 Å². The van der Waals surface area contributed by atoms with Crippen LogP contribution in [-0.2, 0) is 13.0 Å². The van der Waals surface area contributed by atoms with Gasteiger partial charge in [0, 0.05) is 25.2 Å². The lowest BCUT2D eigenvalue weighted by Gasteiger charge is -2.25. The Kier molecular flexibility index (Phi) is 2.88. The van der Waals surface area contributed by atoms with Crippen molar-refractivity contribution in [2.45, 2.75) is 32.4 Å². The van der Waals surface area contributed by atoms with E-state index in [0.29, 0.717) is 11.6 Å². The summed E-state index contributed by atoms with van der Waals surface area (Å²) in [6.45, 7) is 2.83. The Labute approximate surface area is 111 Å². The van der Waals surface area contributed by atoms with Gasteiger partial charge in [0.25, 0.3) is 0 Å². The second-order valence-electron chi connectivity index (χ2n) is 4.70. The average molecular weight is 254 g/mol. The summed E-state index contributed by atoms with van der Waals surface area (Å²) in [6.07, 6.45) is 3.52. The quantitative estimate of drug-likeness (QED) is 0.873. The molecule has 1 aliphatic heterocycles. The molecule has 2 aromatic heterocycles. The van der Waals surface area contributed by atoms with Crippen LogP contribution in [0.15, 0.2) is 18.3 Å². The lowest BCUT2D eigenvalue weighted by atomic mass is 10.1. The molecular formula is C13H14N6. The second-order valence-corrected chi connectivity index (χ2v) is 4.70. The van der Waals surface area contributed by atoms with E-state index < -0.39 is 0 Å². The van der Waals surface area contributed by atoms with E-state index in [0.717, 1.165) is 36.9 Å². The number of aromatic nitrogens is 4. The van der Waals surface area contributed by atoms with Crippen LogP contribution in [0.25, 0.3) is 0 Å². The molecule has 0 aromatic carbocycles. The molecule has 0 fully saturated rings. The van der Waals surface area contributed by atoms with E-state index in [-0.39, 0.29) is 0 Å². The van der Waals surface area contributed by atoms with Gasteiger partial charge in [0.05, 0.1) is 5.56 Å². The van der Waals surface area contributed by atoms with Gasteiger partial charge in [-0.2, -0.15) is 5.26 Å². The highest BCUT2D eigenvalue weighted by Gasteiger charge is 2.21. The van der Waals surface area contributed by atoms with E-state index in [9.17, 15) is 0 Å². The molecule has 0 spiro atoms. The van der Waals surface area contributed by atoms with E-state index in [2.05, 4.69) is 31.1 Å². The molecule has 2 aromatic rings. The van der Waals surface area contributed by atoms with Crippen molar-refractivity contribution in [1.29, 1.82) is 5.26 Å². The van der Waals surface area contributed by atoms with Crippen LogP contribution >= 0.6 is 0 Å². The number of nitrogens with zero attached hydrogens (tertiary/aromatic N) is 5. The third-order valence-electron chi connectivity index (χ3n) is 3.38. The molecular weight excluding hydrogens is 240 g/mol. The number of hydrogen-bond donors (Lipinski definition) is 1. The Morgan fingerprint density at radius 2 is 2.32 bits per heavy atom. The van der Waals surface area contributed by atoms with Crippen LogP contribution in [0.4, 0.5) is 5.82 Å². The number of anilines is 1. The van der Waals surface area contributed by atoms with Crippen molar-refractivity contribution in [2.75, 3.05) is 5.32 Å². The number of nitriles is 1. The molecule has 3 heterocycles. The third kappa shape index (κ3) is 2.27. The SMILES string of the molecule is Cc1nnc2n1C[C@@H](Nc1ccc(C#N)cn1)CC2. The van der Waals surface area contributed by atoms with Gasteiger partial charge in [-0.3, -0.25) is 0 Å². The molecule has 0 radical (unpaired) electrons. The first-order valence-electron chi connectivity index (χ1n) is 6.27. The molecule has 0 saturated carbocycles. The maximum atomic E-state index is 8.74. The summed E-state index contributed by atoms with van der Waals surface area (Å²) in [5.41, 5.74) is 0.575. The highest BCUT2D eigenvalue weighted by Crippen LogP contribution is 2.17. The Balaban J connectivity index is 1.71. The first kappa shape index (κ1) is 11.7. The standard InChI is InChI=1S/C13H14N6/c1-9-17-18-13-5-3-11(8-19(9)13)16-12-4-2-10(6-14)7-15-12/h2,4,7,11H,3,5,8H2,1H3,(H,15,16)/t11-/m0/s1. The molecule has 0 aliphatic carbocycles. The van der Waals surface area contributed by atoms with Crippen molar-refractivity contribution in [3.05, 3.63) is 35.5 Å². The summed E-state index contributed by atoms with van der Waals surface area (Å²) in [7, 11) is 0. The van der Waals surface area contributed by atoms with Crippen molar-refractivity contribution in [2.24, 2.45) is 0 Å². The lowest BCUT2D eigenvalue weighted by Crippen LogP contribution is -2.32. The molecule has 1 atom stereocenters. The monoisotopic (exact) mass is 254 g/mol. The lowest BCUT2D eigenvalue weighted by molar-refractivity contribution is 0.469. The summed E-state index contributed by atoms with van der Waals surface area (Å²) in [4.78, 5) is 4.24. The van der Waals surface area contributed by atoms with Crippen LogP contribution in [-0.4, -0.2) is 25.8 Å². The number of fused-ring (bicyclic) bond motifs is 1. The fraction of sp³-hybridized carbons (Fsp3) is 0.385. The Hall–Kier alpha value is -2.42. The van der Waals surface area contributed by atoms with E-state index >= 15 is 0 Å². The van der Waals surface area contributed by atoms with E-state index in [1.165, 1.54) is 0 Å².